The van der Waals surface area contributed by atoms with Gasteiger partial charge < -0.3 is 4.74 Å². The molecule has 2 aliphatic carbocycles. The van der Waals surface area contributed by atoms with Gasteiger partial charge in [-0.3, -0.25) is 4.79 Å². The van der Waals surface area contributed by atoms with Crippen molar-refractivity contribution in [1.82, 2.24) is 0 Å². The first-order valence-electron chi connectivity index (χ1n) is 6.28. The van der Waals surface area contributed by atoms with E-state index in [0.29, 0.717) is 11.0 Å². The van der Waals surface area contributed by atoms with E-state index in [1.807, 2.05) is 0 Å². The van der Waals surface area contributed by atoms with Crippen molar-refractivity contribution in [2.24, 2.45) is 16.7 Å². The van der Waals surface area contributed by atoms with Crippen LogP contribution in [-0.4, -0.2) is 18.0 Å². The molecular formula is C14H21ClO2. The van der Waals surface area contributed by atoms with Crippen LogP contribution in [0.15, 0.2) is 12.2 Å². The summed E-state index contributed by atoms with van der Waals surface area (Å²) in [4.78, 5) is 10.9. The van der Waals surface area contributed by atoms with Crippen LogP contribution >= 0.6 is 11.6 Å². The minimum Gasteiger partial charge on any atom is -0.373 e. The van der Waals surface area contributed by atoms with Crippen LogP contribution in [0.5, 0.6) is 0 Å². The third kappa shape index (κ3) is 1.86. The minimum absolute atomic E-state index is 0.229. The van der Waals surface area contributed by atoms with E-state index < -0.39 is 5.24 Å². The molecule has 0 amide bonds. The highest BCUT2D eigenvalue weighted by atomic mass is 35.5. The van der Waals surface area contributed by atoms with Crippen molar-refractivity contribution < 1.29 is 9.53 Å². The van der Waals surface area contributed by atoms with Crippen LogP contribution in [0.1, 0.15) is 40.0 Å². The Labute approximate surface area is 108 Å². The van der Waals surface area contributed by atoms with Crippen molar-refractivity contribution in [3.63, 3.8) is 0 Å². The molecule has 0 aromatic rings. The molecular weight excluding hydrogens is 236 g/mol. The van der Waals surface area contributed by atoms with Crippen molar-refractivity contribution >= 4 is 16.8 Å². The first kappa shape index (κ1) is 13.1. The van der Waals surface area contributed by atoms with Gasteiger partial charge in [0.15, 0.2) is 0 Å². The Morgan fingerprint density at radius 1 is 1.47 bits per heavy atom. The molecule has 0 saturated heterocycles. The SMILES string of the molecule is C=C(COC1CC2CCC1(C)C2(C)C)C(=O)Cl. The van der Waals surface area contributed by atoms with E-state index in [1.165, 1.54) is 12.8 Å². The van der Waals surface area contributed by atoms with E-state index in [4.69, 9.17) is 16.3 Å². The van der Waals surface area contributed by atoms with Gasteiger partial charge in [0.25, 0.3) is 0 Å². The fourth-order valence-electron chi connectivity index (χ4n) is 3.64. The summed E-state index contributed by atoms with van der Waals surface area (Å²) in [6.07, 6.45) is 3.87. The van der Waals surface area contributed by atoms with Crippen molar-refractivity contribution in [3.05, 3.63) is 12.2 Å². The topological polar surface area (TPSA) is 26.3 Å². The molecule has 0 aliphatic heterocycles. The van der Waals surface area contributed by atoms with E-state index in [-0.39, 0.29) is 18.1 Å². The maximum absolute atomic E-state index is 10.9. The fraction of sp³-hybridized carbons (Fsp3) is 0.786. The molecule has 3 heteroatoms. The largest absolute Gasteiger partial charge is 0.373 e. The van der Waals surface area contributed by atoms with Crippen LogP contribution in [0.3, 0.4) is 0 Å². The van der Waals surface area contributed by atoms with Gasteiger partial charge in [-0.15, -0.1) is 0 Å². The monoisotopic (exact) mass is 256 g/mol. The average Bonchev–Trinajstić information content (AvgIpc) is 2.57. The smallest absolute Gasteiger partial charge is 0.250 e. The molecule has 2 nitrogen and oxygen atoms in total. The first-order chi connectivity index (χ1) is 7.79. The Bertz CT molecular complexity index is 361. The van der Waals surface area contributed by atoms with E-state index in [0.717, 1.165) is 12.3 Å². The molecule has 2 saturated carbocycles. The predicted molar refractivity (Wildman–Crippen MR) is 69.0 cm³/mol. The summed E-state index contributed by atoms with van der Waals surface area (Å²) in [6, 6.07) is 0. The van der Waals surface area contributed by atoms with Crippen LogP contribution in [0, 0.1) is 16.7 Å². The quantitative estimate of drug-likeness (QED) is 0.568. The number of hydrogen-bond donors (Lipinski definition) is 0. The van der Waals surface area contributed by atoms with Crippen LogP contribution < -0.4 is 0 Å². The summed E-state index contributed by atoms with van der Waals surface area (Å²) in [5.41, 5.74) is 0.924. The fourth-order valence-corrected chi connectivity index (χ4v) is 3.69. The van der Waals surface area contributed by atoms with Gasteiger partial charge in [-0.1, -0.05) is 27.4 Å². The molecule has 0 aromatic carbocycles. The number of ether oxygens (including phenoxy) is 1. The van der Waals surface area contributed by atoms with Crippen molar-refractivity contribution in [2.75, 3.05) is 6.61 Å². The predicted octanol–water partition coefficient (Wildman–Crippen LogP) is 3.54. The van der Waals surface area contributed by atoms with Crippen LogP contribution in [0.4, 0.5) is 0 Å². The number of carbonyl (C=O) groups excluding carboxylic acids is 1. The van der Waals surface area contributed by atoms with Gasteiger partial charge in [0.2, 0.25) is 5.24 Å². The van der Waals surface area contributed by atoms with Gasteiger partial charge in [-0.2, -0.15) is 0 Å². The molecule has 17 heavy (non-hydrogen) atoms. The van der Waals surface area contributed by atoms with Gasteiger partial charge in [-0.25, -0.2) is 0 Å². The number of hydrogen-bond acceptors (Lipinski definition) is 2. The Kier molecular flexibility index (Phi) is 3.16. The molecule has 3 atom stereocenters. The number of fused-ring (bicyclic) bond motifs is 2. The second-order valence-electron chi connectivity index (χ2n) is 6.29. The highest BCUT2D eigenvalue weighted by molar-refractivity contribution is 6.67. The molecule has 2 aliphatic rings. The van der Waals surface area contributed by atoms with Gasteiger partial charge in [-0.05, 0) is 47.6 Å². The average molecular weight is 257 g/mol. The van der Waals surface area contributed by atoms with Crippen molar-refractivity contribution in [3.8, 4) is 0 Å². The number of carbonyl (C=O) groups is 1. The molecule has 0 spiro atoms. The number of rotatable bonds is 4. The summed E-state index contributed by atoms with van der Waals surface area (Å²) in [7, 11) is 0. The maximum atomic E-state index is 10.9. The molecule has 0 N–H and O–H groups in total. The second-order valence-corrected chi connectivity index (χ2v) is 6.63. The van der Waals surface area contributed by atoms with Crippen LogP contribution in [-0.2, 0) is 9.53 Å². The lowest BCUT2D eigenvalue weighted by atomic mass is 9.70. The van der Waals surface area contributed by atoms with E-state index in [9.17, 15) is 4.79 Å². The van der Waals surface area contributed by atoms with Crippen LogP contribution in [0.25, 0.3) is 0 Å². The molecule has 2 fully saturated rings. The Morgan fingerprint density at radius 2 is 2.12 bits per heavy atom. The molecule has 96 valence electrons. The van der Waals surface area contributed by atoms with Crippen molar-refractivity contribution in [1.29, 1.82) is 0 Å². The Morgan fingerprint density at radius 3 is 2.53 bits per heavy atom. The van der Waals surface area contributed by atoms with Gasteiger partial charge >= 0.3 is 0 Å². The molecule has 0 radical (unpaired) electrons. The third-order valence-corrected chi connectivity index (χ3v) is 5.72. The lowest BCUT2D eigenvalue weighted by molar-refractivity contribution is -0.109. The summed E-state index contributed by atoms with van der Waals surface area (Å²) in [5, 5.41) is -0.488. The molecule has 0 aromatic heterocycles. The molecule has 3 unspecified atom stereocenters. The zero-order valence-electron chi connectivity index (χ0n) is 10.9. The summed E-state index contributed by atoms with van der Waals surface area (Å²) >= 11 is 5.37. The van der Waals surface area contributed by atoms with E-state index in [2.05, 4.69) is 27.4 Å². The van der Waals surface area contributed by atoms with Gasteiger partial charge in [0, 0.05) is 5.57 Å². The Balaban J connectivity index is 2.01. The lowest BCUT2D eigenvalue weighted by Crippen LogP contribution is -2.37. The number of halogens is 1. The lowest BCUT2D eigenvalue weighted by Gasteiger charge is -2.38. The third-order valence-electron chi connectivity index (χ3n) is 5.45. The Hall–Kier alpha value is -0.340. The van der Waals surface area contributed by atoms with E-state index in [1.54, 1.807) is 0 Å². The van der Waals surface area contributed by atoms with Crippen LogP contribution in [0.2, 0.25) is 0 Å². The second kappa shape index (κ2) is 4.10. The molecule has 2 bridgehead atoms. The highest BCUT2D eigenvalue weighted by Gasteiger charge is 2.61. The maximum Gasteiger partial charge on any atom is 0.250 e. The normalized spacial score (nSPS) is 38.4. The molecule has 0 heterocycles. The molecule has 2 rings (SSSR count). The van der Waals surface area contributed by atoms with Gasteiger partial charge in [0.05, 0.1) is 12.7 Å². The highest BCUT2D eigenvalue weighted by Crippen LogP contribution is 2.66. The minimum atomic E-state index is -0.488. The first-order valence-corrected chi connectivity index (χ1v) is 6.66. The zero-order chi connectivity index (χ0) is 12.8. The summed E-state index contributed by atoms with van der Waals surface area (Å²) in [6.45, 7) is 10.9. The standard InChI is InChI=1S/C14H21ClO2/c1-9(12(15)16)8-17-11-7-10-5-6-14(11,4)13(10,2)3/h10-11H,1,5-8H2,2-4H3. The summed E-state index contributed by atoms with van der Waals surface area (Å²) in [5.74, 6) is 0.748. The summed E-state index contributed by atoms with van der Waals surface area (Å²) < 4.78 is 5.89. The van der Waals surface area contributed by atoms with Gasteiger partial charge in [0.1, 0.15) is 0 Å². The zero-order valence-corrected chi connectivity index (χ0v) is 11.6. The van der Waals surface area contributed by atoms with E-state index >= 15 is 0 Å². The van der Waals surface area contributed by atoms with Crippen molar-refractivity contribution in [2.45, 2.75) is 46.1 Å².